The molecule has 58 valence electrons. The fraction of sp³-hybridized carbons (Fsp3) is 0.200. The van der Waals surface area contributed by atoms with Gasteiger partial charge in [-0.1, -0.05) is 42.5 Å². The van der Waals surface area contributed by atoms with E-state index in [1.165, 1.54) is 5.56 Å². The van der Waals surface area contributed by atoms with Crippen LogP contribution in [0, 0.1) is 0 Å². The van der Waals surface area contributed by atoms with Crippen molar-refractivity contribution >= 4 is 0 Å². The summed E-state index contributed by atoms with van der Waals surface area (Å²) in [5.74, 6) is 0. The molecule has 1 aromatic rings. The highest BCUT2D eigenvalue weighted by Gasteiger charge is 1.92. The number of benzene rings is 1. The van der Waals surface area contributed by atoms with Crippen LogP contribution in [0.3, 0.4) is 0 Å². The number of hydrogen-bond acceptors (Lipinski definition) is 1. The SMILES string of the molecule is C=C(CN)Cc1ccccc1. The summed E-state index contributed by atoms with van der Waals surface area (Å²) >= 11 is 0. The van der Waals surface area contributed by atoms with E-state index >= 15 is 0 Å². The quantitative estimate of drug-likeness (QED) is 0.647. The van der Waals surface area contributed by atoms with E-state index in [2.05, 4.69) is 18.7 Å². The predicted octanol–water partition coefficient (Wildman–Crippen LogP) is 1.74. The van der Waals surface area contributed by atoms with E-state index in [1.807, 2.05) is 18.2 Å². The van der Waals surface area contributed by atoms with Gasteiger partial charge >= 0.3 is 0 Å². The van der Waals surface area contributed by atoms with Gasteiger partial charge in [0, 0.05) is 6.54 Å². The highest BCUT2D eigenvalue weighted by molar-refractivity contribution is 5.20. The lowest BCUT2D eigenvalue weighted by Crippen LogP contribution is -2.03. The smallest absolute Gasteiger partial charge is 0.0137 e. The number of rotatable bonds is 3. The molecule has 0 spiro atoms. The average molecular weight is 147 g/mol. The Hall–Kier alpha value is -1.08. The maximum Gasteiger partial charge on any atom is 0.0137 e. The van der Waals surface area contributed by atoms with E-state index in [0.29, 0.717) is 6.54 Å². The monoisotopic (exact) mass is 147 g/mol. The van der Waals surface area contributed by atoms with Crippen LogP contribution in [0.25, 0.3) is 0 Å². The van der Waals surface area contributed by atoms with Gasteiger partial charge in [0.2, 0.25) is 0 Å². The molecule has 0 bridgehead atoms. The van der Waals surface area contributed by atoms with Crippen molar-refractivity contribution in [1.29, 1.82) is 0 Å². The predicted molar refractivity (Wildman–Crippen MR) is 48.3 cm³/mol. The van der Waals surface area contributed by atoms with Crippen molar-refractivity contribution in [2.75, 3.05) is 6.54 Å². The lowest BCUT2D eigenvalue weighted by Gasteiger charge is -2.00. The summed E-state index contributed by atoms with van der Waals surface area (Å²) in [7, 11) is 0. The first kappa shape index (κ1) is 8.02. The summed E-state index contributed by atoms with van der Waals surface area (Å²) in [5.41, 5.74) is 7.78. The van der Waals surface area contributed by atoms with Crippen LogP contribution in [0.5, 0.6) is 0 Å². The van der Waals surface area contributed by atoms with Crippen LogP contribution < -0.4 is 5.73 Å². The fourth-order valence-corrected chi connectivity index (χ4v) is 0.957. The summed E-state index contributed by atoms with van der Waals surface area (Å²) in [6, 6.07) is 10.2. The molecule has 0 heterocycles. The minimum Gasteiger partial charge on any atom is -0.327 e. The Morgan fingerprint density at radius 1 is 1.27 bits per heavy atom. The minimum atomic E-state index is 0.578. The largest absolute Gasteiger partial charge is 0.327 e. The first-order valence-corrected chi connectivity index (χ1v) is 3.73. The van der Waals surface area contributed by atoms with E-state index in [1.54, 1.807) is 0 Å². The van der Waals surface area contributed by atoms with Crippen molar-refractivity contribution in [2.45, 2.75) is 6.42 Å². The van der Waals surface area contributed by atoms with Crippen molar-refractivity contribution < 1.29 is 0 Å². The Balaban J connectivity index is 2.58. The van der Waals surface area contributed by atoms with Gasteiger partial charge in [-0.15, -0.1) is 0 Å². The zero-order valence-electron chi connectivity index (χ0n) is 6.59. The maximum absolute atomic E-state index is 5.42. The van der Waals surface area contributed by atoms with Crippen LogP contribution in [-0.4, -0.2) is 6.54 Å². The van der Waals surface area contributed by atoms with Gasteiger partial charge in [0.25, 0.3) is 0 Å². The van der Waals surface area contributed by atoms with Crippen LogP contribution in [0.1, 0.15) is 5.56 Å². The molecule has 2 N–H and O–H groups in total. The van der Waals surface area contributed by atoms with E-state index in [0.717, 1.165) is 12.0 Å². The maximum atomic E-state index is 5.42. The van der Waals surface area contributed by atoms with Gasteiger partial charge in [0.15, 0.2) is 0 Å². The minimum absolute atomic E-state index is 0.578. The Labute approximate surface area is 67.5 Å². The summed E-state index contributed by atoms with van der Waals surface area (Å²) < 4.78 is 0. The summed E-state index contributed by atoms with van der Waals surface area (Å²) in [6.45, 7) is 4.42. The molecule has 0 aliphatic heterocycles. The molecule has 0 atom stereocenters. The van der Waals surface area contributed by atoms with Gasteiger partial charge < -0.3 is 5.73 Å². The van der Waals surface area contributed by atoms with Crippen LogP contribution in [0.15, 0.2) is 42.5 Å². The zero-order chi connectivity index (χ0) is 8.10. The molecule has 0 amide bonds. The van der Waals surface area contributed by atoms with Crippen LogP contribution >= 0.6 is 0 Å². The second-order valence-electron chi connectivity index (χ2n) is 2.62. The number of hydrogen-bond donors (Lipinski definition) is 1. The second-order valence-corrected chi connectivity index (χ2v) is 2.62. The molecular formula is C10H13N. The standard InChI is InChI=1S/C10H13N/c1-9(8-11)7-10-5-3-2-4-6-10/h2-6H,1,7-8,11H2. The second kappa shape index (κ2) is 3.94. The Morgan fingerprint density at radius 3 is 2.45 bits per heavy atom. The summed E-state index contributed by atoms with van der Waals surface area (Å²) in [5, 5.41) is 0. The Morgan fingerprint density at radius 2 is 1.91 bits per heavy atom. The van der Waals surface area contributed by atoms with E-state index < -0.39 is 0 Å². The highest BCUT2D eigenvalue weighted by atomic mass is 14.5. The molecule has 0 unspecified atom stereocenters. The molecule has 0 radical (unpaired) electrons. The molecule has 0 aliphatic rings. The third-order valence-corrected chi connectivity index (χ3v) is 1.59. The van der Waals surface area contributed by atoms with Crippen LogP contribution in [0.2, 0.25) is 0 Å². The lowest BCUT2D eigenvalue weighted by atomic mass is 10.1. The lowest BCUT2D eigenvalue weighted by molar-refractivity contribution is 1.05. The molecule has 0 aliphatic carbocycles. The zero-order valence-corrected chi connectivity index (χ0v) is 6.59. The van der Waals surface area contributed by atoms with Gasteiger partial charge in [-0.05, 0) is 12.0 Å². The van der Waals surface area contributed by atoms with Crippen molar-refractivity contribution in [3.63, 3.8) is 0 Å². The summed E-state index contributed by atoms with van der Waals surface area (Å²) in [4.78, 5) is 0. The van der Waals surface area contributed by atoms with Gasteiger partial charge in [0.05, 0.1) is 0 Å². The topological polar surface area (TPSA) is 26.0 Å². The average Bonchev–Trinajstić information content (AvgIpc) is 2.06. The van der Waals surface area contributed by atoms with Crippen molar-refractivity contribution in [1.82, 2.24) is 0 Å². The Bertz CT molecular complexity index is 226. The van der Waals surface area contributed by atoms with Gasteiger partial charge in [-0.25, -0.2) is 0 Å². The molecule has 0 fully saturated rings. The molecule has 0 saturated carbocycles. The van der Waals surface area contributed by atoms with E-state index in [9.17, 15) is 0 Å². The van der Waals surface area contributed by atoms with Gasteiger partial charge in [0.1, 0.15) is 0 Å². The van der Waals surface area contributed by atoms with Crippen molar-refractivity contribution in [3.05, 3.63) is 48.0 Å². The van der Waals surface area contributed by atoms with Gasteiger partial charge in [-0.2, -0.15) is 0 Å². The van der Waals surface area contributed by atoms with Crippen molar-refractivity contribution in [3.8, 4) is 0 Å². The van der Waals surface area contributed by atoms with E-state index in [4.69, 9.17) is 5.73 Å². The molecule has 0 aromatic heterocycles. The molecule has 1 aromatic carbocycles. The fourth-order valence-electron chi connectivity index (χ4n) is 0.957. The van der Waals surface area contributed by atoms with E-state index in [-0.39, 0.29) is 0 Å². The third kappa shape index (κ3) is 2.56. The van der Waals surface area contributed by atoms with Crippen LogP contribution in [0.4, 0.5) is 0 Å². The molecule has 1 rings (SSSR count). The molecule has 0 saturated heterocycles. The highest BCUT2D eigenvalue weighted by Crippen LogP contribution is 2.04. The molecule has 1 heteroatoms. The van der Waals surface area contributed by atoms with Gasteiger partial charge in [-0.3, -0.25) is 0 Å². The summed E-state index contributed by atoms with van der Waals surface area (Å²) in [6.07, 6.45) is 0.900. The first-order chi connectivity index (χ1) is 5.33. The molecule has 1 nitrogen and oxygen atoms in total. The Kier molecular flexibility index (Phi) is 2.87. The third-order valence-electron chi connectivity index (χ3n) is 1.59. The van der Waals surface area contributed by atoms with Crippen molar-refractivity contribution in [2.24, 2.45) is 5.73 Å². The normalized spacial score (nSPS) is 9.55. The number of nitrogens with two attached hydrogens (primary N) is 1. The molecular weight excluding hydrogens is 134 g/mol. The first-order valence-electron chi connectivity index (χ1n) is 3.73. The molecule has 11 heavy (non-hydrogen) atoms. The van der Waals surface area contributed by atoms with Crippen LogP contribution in [-0.2, 0) is 6.42 Å².